The Morgan fingerprint density at radius 3 is 2.65 bits per heavy atom. The van der Waals surface area contributed by atoms with Crippen molar-refractivity contribution in [3.8, 4) is 6.07 Å². The fourth-order valence-electron chi connectivity index (χ4n) is 3.26. The maximum absolute atomic E-state index is 12.6. The van der Waals surface area contributed by atoms with E-state index in [9.17, 15) is 4.79 Å². The zero-order valence-electron chi connectivity index (χ0n) is 11.6. The third-order valence-electron chi connectivity index (χ3n) is 4.35. The summed E-state index contributed by atoms with van der Waals surface area (Å²) in [5, 5.41) is 8.80. The molecule has 0 N–H and O–H groups in total. The van der Waals surface area contributed by atoms with Crippen molar-refractivity contribution in [1.82, 2.24) is 9.80 Å². The van der Waals surface area contributed by atoms with Crippen LogP contribution in [0, 0.1) is 11.3 Å². The molecular formula is C16H19N3O. The van der Waals surface area contributed by atoms with Crippen molar-refractivity contribution in [2.75, 3.05) is 26.2 Å². The molecule has 2 aliphatic heterocycles. The molecule has 20 heavy (non-hydrogen) atoms. The molecule has 0 aromatic heterocycles. The van der Waals surface area contributed by atoms with Gasteiger partial charge in [-0.3, -0.25) is 9.69 Å². The van der Waals surface area contributed by atoms with Crippen LogP contribution in [-0.2, 0) is 0 Å². The molecular weight excluding hydrogens is 250 g/mol. The number of nitrogens with zero attached hydrogens (tertiary/aromatic N) is 3. The predicted octanol–water partition coefficient (Wildman–Crippen LogP) is 1.87. The standard InChI is InChI=1S/C16H19N3O/c17-11-13-4-6-14(7-5-13)16(20)19-10-2-9-18-8-1-3-15(18)12-19/h4-7,15H,1-3,8-10,12H2. The predicted molar refractivity (Wildman–Crippen MR) is 76.3 cm³/mol. The number of carbonyl (C=O) groups is 1. The summed E-state index contributed by atoms with van der Waals surface area (Å²) in [6, 6.07) is 9.58. The number of nitriles is 1. The van der Waals surface area contributed by atoms with Gasteiger partial charge in [-0.05, 0) is 50.1 Å². The Bertz CT molecular complexity index is 532. The lowest BCUT2D eigenvalue weighted by molar-refractivity contribution is 0.0743. The second kappa shape index (κ2) is 5.64. The van der Waals surface area contributed by atoms with Gasteiger partial charge in [0.25, 0.3) is 5.91 Å². The smallest absolute Gasteiger partial charge is 0.253 e. The number of rotatable bonds is 1. The van der Waals surface area contributed by atoms with E-state index in [0.29, 0.717) is 17.2 Å². The first-order valence-corrected chi connectivity index (χ1v) is 7.31. The summed E-state index contributed by atoms with van der Waals surface area (Å²) in [4.78, 5) is 17.1. The van der Waals surface area contributed by atoms with Gasteiger partial charge in [0.05, 0.1) is 11.6 Å². The number of benzene rings is 1. The molecule has 0 bridgehead atoms. The van der Waals surface area contributed by atoms with Crippen LogP contribution in [0.3, 0.4) is 0 Å². The molecule has 2 aliphatic rings. The minimum absolute atomic E-state index is 0.100. The second-order valence-electron chi connectivity index (χ2n) is 5.63. The quantitative estimate of drug-likeness (QED) is 0.782. The summed E-state index contributed by atoms with van der Waals surface area (Å²) in [5.41, 5.74) is 1.29. The van der Waals surface area contributed by atoms with E-state index in [4.69, 9.17) is 5.26 Å². The fourth-order valence-corrected chi connectivity index (χ4v) is 3.26. The normalized spacial score (nSPS) is 22.9. The number of hydrogen-bond acceptors (Lipinski definition) is 3. The van der Waals surface area contributed by atoms with Crippen LogP contribution in [0.5, 0.6) is 0 Å². The third-order valence-corrected chi connectivity index (χ3v) is 4.35. The molecule has 1 aromatic carbocycles. The Morgan fingerprint density at radius 1 is 1.15 bits per heavy atom. The van der Waals surface area contributed by atoms with Crippen LogP contribution < -0.4 is 0 Å². The van der Waals surface area contributed by atoms with Crippen molar-refractivity contribution in [3.05, 3.63) is 35.4 Å². The van der Waals surface area contributed by atoms with Crippen molar-refractivity contribution in [2.24, 2.45) is 0 Å². The molecule has 2 fully saturated rings. The summed E-state index contributed by atoms with van der Waals surface area (Å²) in [5.74, 6) is 0.100. The van der Waals surface area contributed by atoms with Crippen molar-refractivity contribution < 1.29 is 4.79 Å². The lowest BCUT2D eigenvalue weighted by Gasteiger charge is -2.25. The van der Waals surface area contributed by atoms with Gasteiger partial charge in [0, 0.05) is 31.2 Å². The van der Waals surface area contributed by atoms with Gasteiger partial charge in [0.2, 0.25) is 0 Å². The van der Waals surface area contributed by atoms with Gasteiger partial charge in [-0.25, -0.2) is 0 Å². The van der Waals surface area contributed by atoms with Gasteiger partial charge in [-0.1, -0.05) is 0 Å². The molecule has 3 rings (SSSR count). The number of amides is 1. The van der Waals surface area contributed by atoms with Crippen LogP contribution in [0.2, 0.25) is 0 Å². The van der Waals surface area contributed by atoms with E-state index in [1.807, 2.05) is 4.90 Å². The van der Waals surface area contributed by atoms with Crippen LogP contribution in [-0.4, -0.2) is 47.9 Å². The average molecular weight is 269 g/mol. The van der Waals surface area contributed by atoms with Crippen LogP contribution in [0.15, 0.2) is 24.3 Å². The lowest BCUT2D eigenvalue weighted by Crippen LogP contribution is -2.39. The minimum Gasteiger partial charge on any atom is -0.337 e. The largest absolute Gasteiger partial charge is 0.337 e. The topological polar surface area (TPSA) is 47.3 Å². The summed E-state index contributed by atoms with van der Waals surface area (Å²) in [7, 11) is 0. The summed E-state index contributed by atoms with van der Waals surface area (Å²) in [6.07, 6.45) is 3.51. The van der Waals surface area contributed by atoms with Gasteiger partial charge in [0.15, 0.2) is 0 Å². The molecule has 0 spiro atoms. The van der Waals surface area contributed by atoms with E-state index in [-0.39, 0.29) is 5.91 Å². The molecule has 1 unspecified atom stereocenters. The van der Waals surface area contributed by atoms with Crippen LogP contribution in [0.4, 0.5) is 0 Å². The molecule has 4 nitrogen and oxygen atoms in total. The number of hydrogen-bond donors (Lipinski definition) is 0. The molecule has 1 amide bonds. The third kappa shape index (κ3) is 2.54. The average Bonchev–Trinajstić information content (AvgIpc) is 2.83. The minimum atomic E-state index is 0.100. The van der Waals surface area contributed by atoms with Crippen molar-refractivity contribution in [1.29, 1.82) is 5.26 Å². The molecule has 2 saturated heterocycles. The van der Waals surface area contributed by atoms with E-state index in [2.05, 4.69) is 11.0 Å². The number of carbonyl (C=O) groups excluding carboxylic acids is 1. The summed E-state index contributed by atoms with van der Waals surface area (Å²) < 4.78 is 0. The zero-order chi connectivity index (χ0) is 13.9. The zero-order valence-corrected chi connectivity index (χ0v) is 11.6. The van der Waals surface area contributed by atoms with Gasteiger partial charge < -0.3 is 4.90 Å². The molecule has 104 valence electrons. The Labute approximate surface area is 119 Å². The Hall–Kier alpha value is -1.86. The van der Waals surface area contributed by atoms with Crippen LogP contribution in [0.25, 0.3) is 0 Å². The fraction of sp³-hybridized carbons (Fsp3) is 0.500. The van der Waals surface area contributed by atoms with Crippen molar-refractivity contribution in [2.45, 2.75) is 25.3 Å². The highest BCUT2D eigenvalue weighted by Gasteiger charge is 2.30. The van der Waals surface area contributed by atoms with Crippen LogP contribution in [0.1, 0.15) is 35.2 Å². The van der Waals surface area contributed by atoms with E-state index in [1.54, 1.807) is 24.3 Å². The maximum atomic E-state index is 12.6. The van der Waals surface area contributed by atoms with E-state index >= 15 is 0 Å². The van der Waals surface area contributed by atoms with E-state index in [1.165, 1.54) is 19.4 Å². The van der Waals surface area contributed by atoms with Gasteiger partial charge in [-0.2, -0.15) is 5.26 Å². The Balaban J connectivity index is 1.73. The van der Waals surface area contributed by atoms with Gasteiger partial charge in [0.1, 0.15) is 0 Å². The highest BCUT2D eigenvalue weighted by atomic mass is 16.2. The molecule has 1 atom stereocenters. The molecule has 1 aromatic rings. The van der Waals surface area contributed by atoms with E-state index in [0.717, 1.165) is 26.1 Å². The van der Waals surface area contributed by atoms with Crippen LogP contribution >= 0.6 is 0 Å². The van der Waals surface area contributed by atoms with E-state index < -0.39 is 0 Å². The summed E-state index contributed by atoms with van der Waals surface area (Å²) in [6.45, 7) is 3.98. The maximum Gasteiger partial charge on any atom is 0.253 e. The monoisotopic (exact) mass is 269 g/mol. The highest BCUT2D eigenvalue weighted by molar-refractivity contribution is 5.94. The lowest BCUT2D eigenvalue weighted by atomic mass is 10.1. The number of fused-ring (bicyclic) bond motifs is 1. The Kier molecular flexibility index (Phi) is 3.70. The first-order valence-electron chi connectivity index (χ1n) is 7.31. The summed E-state index contributed by atoms with van der Waals surface area (Å²) >= 11 is 0. The first kappa shape index (κ1) is 13.1. The second-order valence-corrected chi connectivity index (χ2v) is 5.63. The first-order chi connectivity index (χ1) is 9.78. The molecule has 4 heteroatoms. The van der Waals surface area contributed by atoms with Crippen molar-refractivity contribution in [3.63, 3.8) is 0 Å². The molecule has 0 aliphatic carbocycles. The highest BCUT2D eigenvalue weighted by Crippen LogP contribution is 2.22. The molecule has 2 heterocycles. The Morgan fingerprint density at radius 2 is 1.90 bits per heavy atom. The van der Waals surface area contributed by atoms with Gasteiger partial charge >= 0.3 is 0 Å². The van der Waals surface area contributed by atoms with Crippen molar-refractivity contribution >= 4 is 5.91 Å². The molecule has 0 radical (unpaired) electrons. The molecule has 0 saturated carbocycles. The SMILES string of the molecule is N#Cc1ccc(C(=O)N2CCCN3CCCC3C2)cc1. The van der Waals surface area contributed by atoms with Gasteiger partial charge in [-0.15, -0.1) is 0 Å².